The number of carbonyl (C=O) groups is 2. The van der Waals surface area contributed by atoms with Crippen molar-refractivity contribution in [2.24, 2.45) is 0 Å². The topological polar surface area (TPSA) is 46.6 Å². The van der Waals surface area contributed by atoms with Gasteiger partial charge in [-0.2, -0.15) is 0 Å². The minimum Gasteiger partial charge on any atom is -0.488 e. The van der Waals surface area contributed by atoms with E-state index in [4.69, 9.17) is 4.74 Å². The molecule has 0 atom stereocenters. The molecule has 1 fully saturated rings. The summed E-state index contributed by atoms with van der Waals surface area (Å²) in [6, 6.07) is 30.9. The number of fused-ring (bicyclic) bond motifs is 1. The summed E-state index contributed by atoms with van der Waals surface area (Å²) >= 11 is 0.939. The zero-order valence-corrected chi connectivity index (χ0v) is 17.9. The van der Waals surface area contributed by atoms with Gasteiger partial charge in [-0.25, -0.2) is 4.90 Å². The van der Waals surface area contributed by atoms with E-state index in [0.717, 1.165) is 28.3 Å². The molecule has 4 aromatic rings. The van der Waals surface area contributed by atoms with Gasteiger partial charge in [0.1, 0.15) is 12.4 Å². The molecule has 4 aromatic carbocycles. The zero-order valence-electron chi connectivity index (χ0n) is 17.1. The second-order valence-corrected chi connectivity index (χ2v) is 8.35. The summed E-state index contributed by atoms with van der Waals surface area (Å²) in [6.45, 7) is 0.404. The molecule has 0 bridgehead atoms. The van der Waals surface area contributed by atoms with Crippen LogP contribution in [-0.2, 0) is 11.4 Å². The second kappa shape index (κ2) is 8.73. The number of anilines is 1. The van der Waals surface area contributed by atoms with E-state index >= 15 is 0 Å². The molecule has 0 aliphatic carbocycles. The van der Waals surface area contributed by atoms with Gasteiger partial charge < -0.3 is 4.74 Å². The molecule has 156 valence electrons. The van der Waals surface area contributed by atoms with E-state index in [1.54, 1.807) is 30.3 Å². The van der Waals surface area contributed by atoms with Crippen LogP contribution in [-0.4, -0.2) is 11.1 Å². The van der Waals surface area contributed by atoms with E-state index in [9.17, 15) is 9.59 Å². The van der Waals surface area contributed by atoms with Crippen LogP contribution in [0.3, 0.4) is 0 Å². The number of thioether (sulfide) groups is 1. The van der Waals surface area contributed by atoms with E-state index < -0.39 is 0 Å². The largest absolute Gasteiger partial charge is 0.488 e. The summed E-state index contributed by atoms with van der Waals surface area (Å²) in [5.41, 5.74) is 2.38. The molecular weight excluding hydrogens is 418 g/mol. The van der Waals surface area contributed by atoms with Crippen molar-refractivity contribution in [1.82, 2.24) is 0 Å². The predicted octanol–water partition coefficient (Wildman–Crippen LogP) is 6.66. The van der Waals surface area contributed by atoms with Gasteiger partial charge in [-0.15, -0.1) is 0 Å². The lowest BCUT2D eigenvalue weighted by atomic mass is 10.1. The van der Waals surface area contributed by atoms with Crippen LogP contribution >= 0.6 is 11.8 Å². The highest BCUT2D eigenvalue weighted by molar-refractivity contribution is 8.19. The number of nitrogens with zero attached hydrogens (tertiary/aromatic N) is 1. The SMILES string of the molecule is O=C1S/C(=C\c2ccccc2OCc2ccc3ccccc3c2)C(=O)N1c1ccccc1. The minimum atomic E-state index is -0.324. The van der Waals surface area contributed by atoms with Gasteiger partial charge in [-0.3, -0.25) is 9.59 Å². The zero-order chi connectivity index (χ0) is 21.9. The van der Waals surface area contributed by atoms with Gasteiger partial charge in [0, 0.05) is 5.56 Å². The molecule has 1 heterocycles. The molecule has 0 radical (unpaired) electrons. The Morgan fingerprint density at radius 3 is 2.34 bits per heavy atom. The number of ether oxygens (including phenoxy) is 1. The Kier molecular flexibility index (Phi) is 5.48. The summed E-state index contributed by atoms with van der Waals surface area (Å²) in [5.74, 6) is 0.336. The third kappa shape index (κ3) is 4.03. The molecule has 4 nitrogen and oxygen atoms in total. The monoisotopic (exact) mass is 437 g/mol. The molecule has 0 aromatic heterocycles. The first-order valence-corrected chi connectivity index (χ1v) is 11.0. The first-order chi connectivity index (χ1) is 15.7. The van der Waals surface area contributed by atoms with E-state index in [1.807, 2.05) is 42.5 Å². The molecule has 0 spiro atoms. The van der Waals surface area contributed by atoms with Crippen molar-refractivity contribution in [1.29, 1.82) is 0 Å². The lowest BCUT2D eigenvalue weighted by Gasteiger charge is -2.12. The van der Waals surface area contributed by atoms with E-state index in [2.05, 4.69) is 30.3 Å². The standard InChI is InChI=1S/C27H19NO3S/c29-26-25(32-27(30)28(26)23-11-2-1-3-12-23)17-22-10-6-7-13-24(22)31-18-19-14-15-20-8-4-5-9-21(20)16-19/h1-17H,18H2/b25-17-. The minimum absolute atomic E-state index is 0.304. The van der Waals surface area contributed by atoms with E-state index in [1.165, 1.54) is 10.3 Å². The molecule has 0 unspecified atom stereocenters. The Bertz CT molecular complexity index is 1350. The van der Waals surface area contributed by atoms with Gasteiger partial charge in [0.05, 0.1) is 10.6 Å². The van der Waals surface area contributed by atoms with Crippen LogP contribution in [0.15, 0.2) is 102 Å². The summed E-state index contributed by atoms with van der Waals surface area (Å²) in [4.78, 5) is 27.0. The van der Waals surface area contributed by atoms with E-state index in [0.29, 0.717) is 22.9 Å². The molecule has 0 N–H and O–H groups in total. The van der Waals surface area contributed by atoms with Crippen LogP contribution in [0.4, 0.5) is 10.5 Å². The van der Waals surface area contributed by atoms with E-state index in [-0.39, 0.29) is 11.1 Å². The summed E-state index contributed by atoms with van der Waals surface area (Å²) in [6.07, 6.45) is 1.73. The summed E-state index contributed by atoms with van der Waals surface area (Å²) < 4.78 is 6.09. The van der Waals surface area contributed by atoms with Crippen molar-refractivity contribution in [2.75, 3.05) is 4.90 Å². The van der Waals surface area contributed by atoms with Crippen LogP contribution < -0.4 is 9.64 Å². The number of benzene rings is 4. The van der Waals surface area contributed by atoms with Crippen LogP contribution in [0.25, 0.3) is 16.8 Å². The molecular formula is C27H19NO3S. The van der Waals surface area contributed by atoms with Gasteiger partial charge in [-0.1, -0.05) is 72.8 Å². The first-order valence-electron chi connectivity index (χ1n) is 10.2. The highest BCUT2D eigenvalue weighted by Crippen LogP contribution is 2.36. The maximum Gasteiger partial charge on any atom is 0.298 e. The third-order valence-corrected chi connectivity index (χ3v) is 6.09. The first kappa shape index (κ1) is 20.1. The molecule has 5 heteroatoms. The van der Waals surface area contributed by atoms with Crippen LogP contribution in [0.2, 0.25) is 0 Å². The van der Waals surface area contributed by atoms with Crippen molar-refractivity contribution in [2.45, 2.75) is 6.61 Å². The molecule has 1 aliphatic heterocycles. The Morgan fingerprint density at radius 2 is 1.50 bits per heavy atom. The normalized spacial score (nSPS) is 15.0. The van der Waals surface area contributed by atoms with Gasteiger partial charge in [0.2, 0.25) is 0 Å². The number of para-hydroxylation sites is 2. The Morgan fingerprint density at radius 1 is 0.781 bits per heavy atom. The predicted molar refractivity (Wildman–Crippen MR) is 130 cm³/mol. The van der Waals surface area contributed by atoms with Crippen molar-refractivity contribution in [3.63, 3.8) is 0 Å². The molecule has 32 heavy (non-hydrogen) atoms. The Hall–Kier alpha value is -3.83. The number of hydrogen-bond acceptors (Lipinski definition) is 4. The van der Waals surface area contributed by atoms with Crippen LogP contribution in [0.1, 0.15) is 11.1 Å². The number of rotatable bonds is 5. The molecule has 0 saturated carbocycles. The molecule has 1 saturated heterocycles. The maximum absolute atomic E-state index is 12.9. The van der Waals surface area contributed by atoms with Gasteiger partial charge in [0.25, 0.3) is 11.1 Å². The number of carbonyl (C=O) groups excluding carboxylic acids is 2. The summed E-state index contributed by atoms with van der Waals surface area (Å²) in [5, 5.41) is 2.05. The highest BCUT2D eigenvalue weighted by atomic mass is 32.2. The Labute approximate surface area is 190 Å². The number of hydrogen-bond donors (Lipinski definition) is 0. The average molecular weight is 438 g/mol. The lowest BCUT2D eigenvalue weighted by Crippen LogP contribution is -2.27. The highest BCUT2D eigenvalue weighted by Gasteiger charge is 2.36. The van der Waals surface area contributed by atoms with Crippen molar-refractivity contribution >= 4 is 45.4 Å². The molecule has 2 amide bonds. The van der Waals surface area contributed by atoms with Crippen molar-refractivity contribution < 1.29 is 14.3 Å². The number of amides is 2. The summed E-state index contributed by atoms with van der Waals surface area (Å²) in [7, 11) is 0. The quantitative estimate of drug-likeness (QED) is 0.328. The third-order valence-electron chi connectivity index (χ3n) is 5.22. The lowest BCUT2D eigenvalue weighted by molar-refractivity contribution is -0.113. The smallest absolute Gasteiger partial charge is 0.298 e. The Balaban J connectivity index is 1.38. The maximum atomic E-state index is 12.9. The van der Waals surface area contributed by atoms with Gasteiger partial charge in [0.15, 0.2) is 0 Å². The fourth-order valence-corrected chi connectivity index (χ4v) is 4.46. The van der Waals surface area contributed by atoms with Crippen molar-refractivity contribution in [3.8, 4) is 5.75 Å². The molecule has 5 rings (SSSR count). The fraction of sp³-hybridized carbons (Fsp3) is 0.0370. The molecule has 1 aliphatic rings. The van der Waals surface area contributed by atoms with Gasteiger partial charge >= 0.3 is 0 Å². The second-order valence-electron chi connectivity index (χ2n) is 7.36. The fourth-order valence-electron chi connectivity index (χ4n) is 3.63. The van der Waals surface area contributed by atoms with Crippen molar-refractivity contribution in [3.05, 3.63) is 113 Å². The van der Waals surface area contributed by atoms with Crippen LogP contribution in [0, 0.1) is 0 Å². The van der Waals surface area contributed by atoms with Crippen LogP contribution in [0.5, 0.6) is 5.75 Å². The van der Waals surface area contributed by atoms with Gasteiger partial charge in [-0.05, 0) is 58.4 Å². The number of imide groups is 1. The average Bonchev–Trinajstić information content (AvgIpc) is 3.11.